The van der Waals surface area contributed by atoms with Crippen LogP contribution in [0.25, 0.3) is 0 Å². The number of carbonyl (C=O) groups is 1. The molecule has 0 saturated carbocycles. The maximum atomic E-state index is 12.2. The van der Waals surface area contributed by atoms with Gasteiger partial charge in [-0.15, -0.1) is 10.2 Å². The van der Waals surface area contributed by atoms with Gasteiger partial charge in [0, 0.05) is 10.2 Å². The number of methoxy groups -OCH3 is 1. The van der Waals surface area contributed by atoms with Crippen LogP contribution in [0.2, 0.25) is 0 Å². The summed E-state index contributed by atoms with van der Waals surface area (Å²) in [5, 5.41) is 25.5. The monoisotopic (exact) mass is 495 g/mol. The third-order valence-electron chi connectivity index (χ3n) is 3.48. The number of nitro groups is 1. The van der Waals surface area contributed by atoms with Gasteiger partial charge in [-0.05, 0) is 30.3 Å². The van der Waals surface area contributed by atoms with Crippen molar-refractivity contribution in [3.63, 3.8) is 0 Å². The second-order valence-corrected chi connectivity index (χ2v) is 8.60. The minimum absolute atomic E-state index is 0.0364. The smallest absolute Gasteiger partial charge is 0.296 e. The molecule has 150 valence electrons. The molecule has 0 unspecified atom stereocenters. The molecule has 2 N–H and O–H groups in total. The van der Waals surface area contributed by atoms with Gasteiger partial charge in [0.05, 0.1) is 23.9 Å². The Morgan fingerprint density at radius 1 is 1.31 bits per heavy atom. The molecule has 29 heavy (non-hydrogen) atoms. The molecular formula is C17H14BrN5O4S2. The van der Waals surface area contributed by atoms with Crippen LogP contribution in [0.3, 0.4) is 0 Å². The van der Waals surface area contributed by atoms with Gasteiger partial charge in [-0.25, -0.2) is 0 Å². The SMILES string of the molecule is COc1ccc(NC(=O)CSc2nnc(Nc3cccc(Br)c3)s2)c([N+](=O)[O-])c1. The fourth-order valence-electron chi connectivity index (χ4n) is 2.22. The van der Waals surface area contributed by atoms with E-state index >= 15 is 0 Å². The van der Waals surface area contributed by atoms with Crippen LogP contribution >= 0.6 is 39.0 Å². The lowest BCUT2D eigenvalue weighted by Gasteiger charge is -2.07. The third kappa shape index (κ3) is 5.89. The van der Waals surface area contributed by atoms with Gasteiger partial charge < -0.3 is 15.4 Å². The van der Waals surface area contributed by atoms with Crippen LogP contribution < -0.4 is 15.4 Å². The molecule has 1 amide bonds. The zero-order chi connectivity index (χ0) is 20.8. The van der Waals surface area contributed by atoms with Crippen molar-refractivity contribution in [2.45, 2.75) is 4.34 Å². The Kier molecular flexibility index (Phi) is 7.01. The molecule has 2 aromatic carbocycles. The van der Waals surface area contributed by atoms with Crippen molar-refractivity contribution in [2.24, 2.45) is 0 Å². The number of carbonyl (C=O) groups excluding carboxylic acids is 1. The number of nitrogens with one attached hydrogen (secondary N) is 2. The lowest BCUT2D eigenvalue weighted by atomic mass is 10.2. The Bertz CT molecular complexity index is 1050. The summed E-state index contributed by atoms with van der Waals surface area (Å²) in [5.41, 5.74) is 0.728. The zero-order valence-electron chi connectivity index (χ0n) is 14.9. The average molecular weight is 496 g/mol. The number of hydrogen-bond donors (Lipinski definition) is 2. The number of rotatable bonds is 8. The zero-order valence-corrected chi connectivity index (χ0v) is 18.1. The van der Waals surface area contributed by atoms with E-state index in [-0.39, 0.29) is 23.0 Å². The molecule has 0 radical (unpaired) electrons. The van der Waals surface area contributed by atoms with Crippen molar-refractivity contribution in [1.29, 1.82) is 0 Å². The Morgan fingerprint density at radius 3 is 2.86 bits per heavy atom. The molecule has 0 aliphatic rings. The van der Waals surface area contributed by atoms with Crippen molar-refractivity contribution in [3.8, 4) is 5.75 Å². The molecule has 12 heteroatoms. The van der Waals surface area contributed by atoms with Crippen molar-refractivity contribution >= 4 is 67.1 Å². The van der Waals surface area contributed by atoms with Crippen molar-refractivity contribution in [2.75, 3.05) is 23.5 Å². The predicted molar refractivity (Wildman–Crippen MR) is 116 cm³/mol. The second-order valence-electron chi connectivity index (χ2n) is 5.49. The molecule has 0 aliphatic heterocycles. The normalized spacial score (nSPS) is 10.4. The maximum Gasteiger partial charge on any atom is 0.296 e. The van der Waals surface area contributed by atoms with Gasteiger partial charge in [-0.3, -0.25) is 14.9 Å². The summed E-state index contributed by atoms with van der Waals surface area (Å²) in [6.45, 7) is 0. The number of benzene rings is 2. The van der Waals surface area contributed by atoms with Gasteiger partial charge in [0.1, 0.15) is 11.4 Å². The molecular weight excluding hydrogens is 482 g/mol. The Balaban J connectivity index is 1.58. The summed E-state index contributed by atoms with van der Waals surface area (Å²) >= 11 is 5.90. The van der Waals surface area contributed by atoms with Gasteiger partial charge in [-0.2, -0.15) is 0 Å². The highest BCUT2D eigenvalue weighted by atomic mass is 79.9. The highest BCUT2D eigenvalue weighted by molar-refractivity contribution is 9.10. The highest BCUT2D eigenvalue weighted by Crippen LogP contribution is 2.31. The van der Waals surface area contributed by atoms with Gasteiger partial charge >= 0.3 is 0 Å². The van der Waals surface area contributed by atoms with E-state index in [9.17, 15) is 14.9 Å². The summed E-state index contributed by atoms with van der Waals surface area (Å²) < 4.78 is 6.51. The first-order chi connectivity index (χ1) is 13.9. The molecule has 0 aliphatic carbocycles. The molecule has 0 fully saturated rings. The average Bonchev–Trinajstić information content (AvgIpc) is 3.14. The van der Waals surface area contributed by atoms with Gasteiger partial charge in [0.15, 0.2) is 4.34 Å². The van der Waals surface area contributed by atoms with Crippen LogP contribution in [0.4, 0.5) is 22.2 Å². The molecule has 1 aromatic heterocycles. The first kappa shape index (κ1) is 21.0. The molecule has 3 rings (SSSR count). The number of ether oxygens (including phenoxy) is 1. The van der Waals surface area contributed by atoms with Crippen LogP contribution in [-0.2, 0) is 4.79 Å². The number of nitro benzene ring substituents is 1. The minimum atomic E-state index is -0.574. The third-order valence-corrected chi connectivity index (χ3v) is 5.95. The summed E-state index contributed by atoms with van der Waals surface area (Å²) in [6.07, 6.45) is 0. The predicted octanol–water partition coefficient (Wildman–Crippen LogP) is 4.69. The maximum absolute atomic E-state index is 12.2. The fourth-order valence-corrected chi connectivity index (χ4v) is 4.19. The molecule has 0 saturated heterocycles. The lowest BCUT2D eigenvalue weighted by Crippen LogP contribution is -2.15. The van der Waals surface area contributed by atoms with Crippen molar-refractivity contribution < 1.29 is 14.5 Å². The van der Waals surface area contributed by atoms with Crippen LogP contribution in [0.5, 0.6) is 5.75 Å². The Hall–Kier alpha value is -2.70. The number of thioether (sulfide) groups is 1. The number of halogens is 1. The van der Waals surface area contributed by atoms with Crippen LogP contribution in [-0.4, -0.2) is 33.9 Å². The van der Waals surface area contributed by atoms with Crippen LogP contribution in [0, 0.1) is 10.1 Å². The Labute approximate surface area is 182 Å². The minimum Gasteiger partial charge on any atom is -0.496 e. The summed E-state index contributed by atoms with van der Waals surface area (Å²) in [5.74, 6) is -0.0160. The number of aromatic nitrogens is 2. The van der Waals surface area contributed by atoms with Gasteiger partial charge in [-0.1, -0.05) is 45.1 Å². The van der Waals surface area contributed by atoms with E-state index in [4.69, 9.17) is 4.74 Å². The standard InChI is InChI=1S/C17H14BrN5O4S2/c1-27-12-5-6-13(14(8-12)23(25)26)20-15(24)9-28-17-22-21-16(29-17)19-11-4-2-3-10(18)7-11/h2-8H,9H2,1H3,(H,19,21)(H,20,24). The Morgan fingerprint density at radius 2 is 2.14 bits per heavy atom. The van der Waals surface area contributed by atoms with Crippen molar-refractivity contribution in [3.05, 3.63) is 57.1 Å². The molecule has 9 nitrogen and oxygen atoms in total. The molecule has 1 heterocycles. The van der Waals surface area contributed by atoms with E-state index in [1.165, 1.54) is 42.3 Å². The topological polar surface area (TPSA) is 119 Å². The van der Waals surface area contributed by atoms with E-state index in [0.29, 0.717) is 15.2 Å². The number of nitrogens with zero attached hydrogens (tertiary/aromatic N) is 3. The molecule has 0 spiro atoms. The van der Waals surface area contributed by atoms with E-state index in [0.717, 1.165) is 10.2 Å². The summed E-state index contributed by atoms with van der Waals surface area (Å²) in [7, 11) is 1.41. The van der Waals surface area contributed by atoms with Gasteiger partial charge in [0.2, 0.25) is 11.0 Å². The fraction of sp³-hybridized carbons (Fsp3) is 0.118. The first-order valence-corrected chi connectivity index (χ1v) is 10.7. The largest absolute Gasteiger partial charge is 0.496 e. The van der Waals surface area contributed by atoms with E-state index < -0.39 is 4.92 Å². The van der Waals surface area contributed by atoms with E-state index in [1.54, 1.807) is 6.07 Å². The number of anilines is 3. The van der Waals surface area contributed by atoms with E-state index in [1.807, 2.05) is 24.3 Å². The lowest BCUT2D eigenvalue weighted by molar-refractivity contribution is -0.384. The van der Waals surface area contributed by atoms with E-state index in [2.05, 4.69) is 36.8 Å². The molecule has 0 atom stereocenters. The summed E-state index contributed by atoms with van der Waals surface area (Å²) in [6, 6.07) is 11.8. The molecule has 0 bridgehead atoms. The number of amides is 1. The van der Waals surface area contributed by atoms with Crippen LogP contribution in [0.15, 0.2) is 51.3 Å². The summed E-state index contributed by atoms with van der Waals surface area (Å²) in [4.78, 5) is 22.8. The molecule has 3 aromatic rings. The quantitative estimate of drug-likeness (QED) is 0.262. The van der Waals surface area contributed by atoms with Gasteiger partial charge in [0.25, 0.3) is 5.69 Å². The number of hydrogen-bond acceptors (Lipinski definition) is 9. The highest BCUT2D eigenvalue weighted by Gasteiger charge is 2.18. The second kappa shape index (κ2) is 9.67. The van der Waals surface area contributed by atoms with Crippen LogP contribution in [0.1, 0.15) is 0 Å². The first-order valence-electron chi connectivity index (χ1n) is 8.06. The van der Waals surface area contributed by atoms with Crippen molar-refractivity contribution in [1.82, 2.24) is 10.2 Å².